The van der Waals surface area contributed by atoms with E-state index in [4.69, 9.17) is 4.74 Å². The summed E-state index contributed by atoms with van der Waals surface area (Å²) in [6.07, 6.45) is 5.95. The summed E-state index contributed by atoms with van der Waals surface area (Å²) in [5.74, 6) is 1.06. The zero-order valence-corrected chi connectivity index (χ0v) is 14.2. The minimum atomic E-state index is 0.117. The number of rotatable bonds is 6. The highest BCUT2D eigenvalue weighted by molar-refractivity contribution is 5.76. The lowest BCUT2D eigenvalue weighted by Gasteiger charge is -2.33. The van der Waals surface area contributed by atoms with Crippen LogP contribution in [0.15, 0.2) is 18.3 Å². The highest BCUT2D eigenvalue weighted by Gasteiger charge is 2.22. The van der Waals surface area contributed by atoms with E-state index >= 15 is 0 Å². The van der Waals surface area contributed by atoms with Gasteiger partial charge in [0.2, 0.25) is 5.91 Å². The summed E-state index contributed by atoms with van der Waals surface area (Å²) in [4.78, 5) is 16.6. The Morgan fingerprint density at radius 2 is 2.17 bits per heavy atom. The van der Waals surface area contributed by atoms with Crippen molar-refractivity contribution in [3.05, 3.63) is 18.3 Å². The Bertz CT molecular complexity index is 507. The molecule has 1 amide bonds. The van der Waals surface area contributed by atoms with Gasteiger partial charge in [-0.05, 0) is 31.4 Å². The Hall–Kier alpha value is -1.73. The van der Waals surface area contributed by atoms with Gasteiger partial charge >= 0.3 is 0 Å². The second kappa shape index (κ2) is 8.94. The van der Waals surface area contributed by atoms with Gasteiger partial charge in [-0.15, -0.1) is 5.10 Å². The third-order valence-electron chi connectivity index (χ3n) is 4.66. The standard InChI is InChI=1S/C17H27N5O2/c23-17(22-8-2-1-3-9-22)6-10-21-11-12-24-15(14-21)13-18-16-5-4-7-19-20-16/h4-5,7,15H,1-3,6,8-14H2,(H,18,20). The number of hydrogen-bond donors (Lipinski definition) is 1. The average molecular weight is 333 g/mol. The third kappa shape index (κ3) is 5.14. The molecule has 132 valence electrons. The van der Waals surface area contributed by atoms with E-state index in [1.165, 1.54) is 6.42 Å². The van der Waals surface area contributed by atoms with Gasteiger partial charge in [0.05, 0.1) is 12.7 Å². The number of anilines is 1. The molecule has 1 atom stereocenters. The van der Waals surface area contributed by atoms with Crippen molar-refractivity contribution in [2.45, 2.75) is 31.8 Å². The summed E-state index contributed by atoms with van der Waals surface area (Å²) in [6.45, 7) is 5.86. The zero-order chi connectivity index (χ0) is 16.6. The fourth-order valence-corrected chi connectivity index (χ4v) is 3.28. The molecule has 7 heteroatoms. The normalized spacial score (nSPS) is 22.3. The summed E-state index contributed by atoms with van der Waals surface area (Å²) in [7, 11) is 0. The monoisotopic (exact) mass is 333 g/mol. The van der Waals surface area contributed by atoms with Crippen LogP contribution in [0.25, 0.3) is 0 Å². The van der Waals surface area contributed by atoms with Crippen LogP contribution in [-0.4, -0.2) is 77.9 Å². The van der Waals surface area contributed by atoms with Crippen molar-refractivity contribution in [3.63, 3.8) is 0 Å². The van der Waals surface area contributed by atoms with Crippen LogP contribution in [-0.2, 0) is 9.53 Å². The molecule has 0 spiro atoms. The first-order valence-corrected chi connectivity index (χ1v) is 8.94. The molecule has 7 nitrogen and oxygen atoms in total. The highest BCUT2D eigenvalue weighted by Crippen LogP contribution is 2.12. The number of piperidine rings is 1. The molecule has 1 aromatic heterocycles. The van der Waals surface area contributed by atoms with E-state index in [1.54, 1.807) is 6.20 Å². The van der Waals surface area contributed by atoms with Gasteiger partial charge in [-0.3, -0.25) is 9.69 Å². The van der Waals surface area contributed by atoms with Crippen molar-refractivity contribution in [2.24, 2.45) is 0 Å². The minimum Gasteiger partial charge on any atom is -0.374 e. The van der Waals surface area contributed by atoms with Crippen LogP contribution < -0.4 is 5.32 Å². The topological polar surface area (TPSA) is 70.6 Å². The van der Waals surface area contributed by atoms with E-state index in [2.05, 4.69) is 20.4 Å². The first-order chi connectivity index (χ1) is 11.8. The molecule has 0 radical (unpaired) electrons. The first-order valence-electron chi connectivity index (χ1n) is 8.94. The number of likely N-dealkylation sites (tertiary alicyclic amines) is 1. The van der Waals surface area contributed by atoms with Gasteiger partial charge < -0.3 is 15.0 Å². The quantitative estimate of drug-likeness (QED) is 0.837. The summed E-state index contributed by atoms with van der Waals surface area (Å²) >= 11 is 0. The van der Waals surface area contributed by atoms with Crippen molar-refractivity contribution in [3.8, 4) is 0 Å². The second-order valence-electron chi connectivity index (χ2n) is 6.47. The van der Waals surface area contributed by atoms with Crippen molar-refractivity contribution in [1.82, 2.24) is 20.0 Å². The van der Waals surface area contributed by atoms with Crippen LogP contribution in [0.2, 0.25) is 0 Å². The number of carbonyl (C=O) groups is 1. The molecule has 2 fully saturated rings. The Balaban J connectivity index is 1.38. The van der Waals surface area contributed by atoms with E-state index in [0.717, 1.165) is 51.4 Å². The van der Waals surface area contributed by atoms with E-state index in [-0.39, 0.29) is 6.10 Å². The molecule has 2 aliphatic rings. The van der Waals surface area contributed by atoms with Gasteiger partial charge in [0.25, 0.3) is 0 Å². The smallest absolute Gasteiger partial charge is 0.223 e. The average Bonchev–Trinajstić information content (AvgIpc) is 2.66. The Morgan fingerprint density at radius 1 is 1.29 bits per heavy atom. The minimum absolute atomic E-state index is 0.117. The van der Waals surface area contributed by atoms with Crippen LogP contribution in [0.5, 0.6) is 0 Å². The molecule has 0 bridgehead atoms. The van der Waals surface area contributed by atoms with Gasteiger partial charge in [-0.2, -0.15) is 5.10 Å². The van der Waals surface area contributed by atoms with Gasteiger partial charge in [-0.1, -0.05) is 0 Å². The fraction of sp³-hybridized carbons (Fsp3) is 0.706. The number of nitrogens with zero attached hydrogens (tertiary/aromatic N) is 4. The summed E-state index contributed by atoms with van der Waals surface area (Å²) in [5.41, 5.74) is 0. The molecular weight excluding hydrogens is 306 g/mol. The molecular formula is C17H27N5O2. The molecule has 2 aliphatic heterocycles. The molecule has 3 rings (SSSR count). The van der Waals surface area contributed by atoms with Crippen molar-refractivity contribution >= 4 is 11.7 Å². The Morgan fingerprint density at radius 3 is 2.96 bits per heavy atom. The number of morpholine rings is 1. The second-order valence-corrected chi connectivity index (χ2v) is 6.47. The number of carbonyl (C=O) groups excluding carboxylic acids is 1. The Labute approximate surface area is 143 Å². The fourth-order valence-electron chi connectivity index (χ4n) is 3.28. The van der Waals surface area contributed by atoms with Gasteiger partial charge in [-0.25, -0.2) is 0 Å². The van der Waals surface area contributed by atoms with E-state index < -0.39 is 0 Å². The van der Waals surface area contributed by atoms with Crippen molar-refractivity contribution < 1.29 is 9.53 Å². The lowest BCUT2D eigenvalue weighted by atomic mass is 10.1. The van der Waals surface area contributed by atoms with Gasteiger partial charge in [0, 0.05) is 51.9 Å². The SMILES string of the molecule is O=C(CCN1CCOC(CNc2cccnn2)C1)N1CCCCC1. The van der Waals surface area contributed by atoms with Crippen LogP contribution in [0.1, 0.15) is 25.7 Å². The molecule has 1 aromatic rings. The molecule has 0 aliphatic carbocycles. The molecule has 2 saturated heterocycles. The van der Waals surface area contributed by atoms with Gasteiger partial charge in [0.1, 0.15) is 5.82 Å². The number of ether oxygens (including phenoxy) is 1. The van der Waals surface area contributed by atoms with Crippen molar-refractivity contribution in [2.75, 3.05) is 51.2 Å². The van der Waals surface area contributed by atoms with E-state index in [0.29, 0.717) is 25.5 Å². The number of aromatic nitrogens is 2. The van der Waals surface area contributed by atoms with Crippen LogP contribution in [0, 0.1) is 0 Å². The molecule has 0 aromatic carbocycles. The van der Waals surface area contributed by atoms with Crippen LogP contribution >= 0.6 is 0 Å². The lowest BCUT2D eigenvalue weighted by molar-refractivity contribution is -0.132. The molecule has 1 N–H and O–H groups in total. The maximum atomic E-state index is 12.3. The largest absolute Gasteiger partial charge is 0.374 e. The maximum absolute atomic E-state index is 12.3. The summed E-state index contributed by atoms with van der Waals surface area (Å²) in [6, 6.07) is 3.75. The zero-order valence-electron chi connectivity index (χ0n) is 14.2. The third-order valence-corrected chi connectivity index (χ3v) is 4.66. The van der Waals surface area contributed by atoms with E-state index in [9.17, 15) is 4.79 Å². The number of amides is 1. The van der Waals surface area contributed by atoms with E-state index in [1.807, 2.05) is 17.0 Å². The van der Waals surface area contributed by atoms with Crippen molar-refractivity contribution in [1.29, 1.82) is 0 Å². The van der Waals surface area contributed by atoms with Crippen LogP contribution in [0.4, 0.5) is 5.82 Å². The molecule has 3 heterocycles. The summed E-state index contributed by atoms with van der Waals surface area (Å²) in [5, 5.41) is 11.1. The predicted octanol–water partition coefficient (Wildman–Crippen LogP) is 0.992. The predicted molar refractivity (Wildman–Crippen MR) is 91.7 cm³/mol. The first kappa shape index (κ1) is 17.1. The number of nitrogens with one attached hydrogen (secondary N) is 1. The van der Waals surface area contributed by atoms with Crippen LogP contribution in [0.3, 0.4) is 0 Å². The highest BCUT2D eigenvalue weighted by atomic mass is 16.5. The van der Waals surface area contributed by atoms with Gasteiger partial charge in [0.15, 0.2) is 0 Å². The molecule has 24 heavy (non-hydrogen) atoms. The lowest BCUT2D eigenvalue weighted by Crippen LogP contribution is -2.46. The summed E-state index contributed by atoms with van der Waals surface area (Å²) < 4.78 is 5.81. The number of hydrogen-bond acceptors (Lipinski definition) is 6. The Kier molecular flexibility index (Phi) is 6.37. The molecule has 0 saturated carbocycles. The molecule has 1 unspecified atom stereocenters. The maximum Gasteiger partial charge on any atom is 0.223 e.